The van der Waals surface area contributed by atoms with Crippen molar-refractivity contribution in [2.45, 2.75) is 5.72 Å². The Balaban J connectivity index is 1.71. The number of benzene rings is 2. The maximum atomic E-state index is 11.5. The summed E-state index contributed by atoms with van der Waals surface area (Å²) in [6.45, 7) is 4.11. The molecule has 5 nitrogen and oxygen atoms in total. The van der Waals surface area contributed by atoms with Gasteiger partial charge >= 0.3 is 5.63 Å². The lowest BCUT2D eigenvalue weighted by Crippen LogP contribution is -2.48. The molecule has 0 spiro atoms. The van der Waals surface area contributed by atoms with Crippen molar-refractivity contribution in [1.29, 1.82) is 0 Å². The van der Waals surface area contributed by atoms with Crippen molar-refractivity contribution in [2.24, 2.45) is 0 Å². The highest BCUT2D eigenvalue weighted by molar-refractivity contribution is 9.10. The highest BCUT2D eigenvalue weighted by Gasteiger charge is 2.45. The van der Waals surface area contributed by atoms with Crippen LogP contribution in [0, 0.1) is 0 Å². The van der Waals surface area contributed by atoms with Crippen molar-refractivity contribution in [3.63, 3.8) is 0 Å². The first-order chi connectivity index (χ1) is 12.4. The predicted molar refractivity (Wildman–Crippen MR) is 105 cm³/mol. The molecule has 1 atom stereocenters. The second kappa shape index (κ2) is 6.00. The van der Waals surface area contributed by atoms with Crippen LogP contribution in [0.2, 0.25) is 0 Å². The molecule has 1 aliphatic heterocycles. The van der Waals surface area contributed by atoms with Crippen LogP contribution in [-0.4, -0.2) is 24.5 Å². The molecule has 0 fully saturated rings. The van der Waals surface area contributed by atoms with E-state index in [1.165, 1.54) is 6.07 Å². The van der Waals surface area contributed by atoms with Crippen LogP contribution >= 0.6 is 15.9 Å². The van der Waals surface area contributed by atoms with E-state index in [-0.39, 0.29) is 6.61 Å². The van der Waals surface area contributed by atoms with Crippen molar-refractivity contribution in [1.82, 2.24) is 0 Å². The van der Waals surface area contributed by atoms with Gasteiger partial charge in [0, 0.05) is 39.8 Å². The Labute approximate surface area is 158 Å². The highest BCUT2D eigenvalue weighted by Crippen LogP contribution is 2.47. The van der Waals surface area contributed by atoms with Crippen LogP contribution in [0.1, 0.15) is 5.56 Å². The van der Waals surface area contributed by atoms with Crippen LogP contribution in [0.5, 0.6) is 5.75 Å². The summed E-state index contributed by atoms with van der Waals surface area (Å²) in [6, 6.07) is 14.0. The minimum atomic E-state index is -1.40. The van der Waals surface area contributed by atoms with Gasteiger partial charge in [-0.3, -0.25) is 0 Å². The molecular weight excluding hydrogens is 398 g/mol. The number of fused-ring (bicyclic) bond motifs is 3. The molecule has 2 heterocycles. The molecule has 4 rings (SSSR count). The van der Waals surface area contributed by atoms with E-state index >= 15 is 0 Å². The number of anilines is 1. The van der Waals surface area contributed by atoms with E-state index in [2.05, 4.69) is 22.5 Å². The summed E-state index contributed by atoms with van der Waals surface area (Å²) in [7, 11) is 1.78. The Kier molecular flexibility index (Phi) is 3.89. The van der Waals surface area contributed by atoms with Crippen LogP contribution in [0.15, 0.2) is 68.8 Å². The molecule has 0 aliphatic carbocycles. The lowest BCUT2D eigenvalue weighted by Gasteiger charge is -2.32. The Morgan fingerprint density at radius 3 is 2.65 bits per heavy atom. The molecule has 0 saturated carbocycles. The third-order valence-electron chi connectivity index (χ3n) is 4.74. The molecule has 2 aromatic carbocycles. The fraction of sp³-hybridized carbons (Fsp3) is 0.150. The van der Waals surface area contributed by atoms with Crippen molar-refractivity contribution in [3.8, 4) is 5.75 Å². The van der Waals surface area contributed by atoms with Crippen LogP contribution in [0.25, 0.3) is 16.5 Å². The van der Waals surface area contributed by atoms with E-state index in [1.54, 1.807) is 24.1 Å². The van der Waals surface area contributed by atoms with Gasteiger partial charge in [-0.15, -0.1) is 0 Å². The second-order valence-electron chi connectivity index (χ2n) is 6.22. The zero-order chi connectivity index (χ0) is 18.5. The van der Waals surface area contributed by atoms with Crippen molar-refractivity contribution < 1.29 is 14.3 Å². The molecular formula is C20H16BrNO4. The van der Waals surface area contributed by atoms with Gasteiger partial charge in [-0.1, -0.05) is 22.5 Å². The predicted octanol–water partition coefficient (Wildman–Crippen LogP) is 3.79. The summed E-state index contributed by atoms with van der Waals surface area (Å²) >= 11 is 3.38. The average molecular weight is 414 g/mol. The Bertz CT molecular complexity index is 1070. The second-order valence-corrected chi connectivity index (χ2v) is 7.14. The number of hydrogen-bond acceptors (Lipinski definition) is 5. The number of nitrogens with zero attached hydrogens (tertiary/aromatic N) is 1. The van der Waals surface area contributed by atoms with Crippen molar-refractivity contribution >= 4 is 38.2 Å². The largest absolute Gasteiger partial charge is 0.488 e. The first-order valence-electron chi connectivity index (χ1n) is 8.01. The van der Waals surface area contributed by atoms with Crippen LogP contribution in [-0.2, 0) is 0 Å². The van der Waals surface area contributed by atoms with Gasteiger partial charge in [-0.25, -0.2) is 4.79 Å². The van der Waals surface area contributed by atoms with Gasteiger partial charge in [0.25, 0.3) is 0 Å². The fourth-order valence-electron chi connectivity index (χ4n) is 3.23. The van der Waals surface area contributed by atoms with Gasteiger partial charge in [-0.2, -0.15) is 0 Å². The topological polar surface area (TPSA) is 62.9 Å². The van der Waals surface area contributed by atoms with Crippen molar-refractivity contribution in [2.75, 3.05) is 18.6 Å². The minimum Gasteiger partial charge on any atom is -0.488 e. The molecule has 1 N–H and O–H groups in total. The normalized spacial score (nSPS) is 19.0. The molecule has 132 valence electrons. The monoisotopic (exact) mass is 413 g/mol. The highest BCUT2D eigenvalue weighted by atomic mass is 79.9. The van der Waals surface area contributed by atoms with E-state index in [0.717, 1.165) is 21.1 Å². The molecule has 0 amide bonds. The molecule has 1 unspecified atom stereocenters. The first-order valence-corrected chi connectivity index (χ1v) is 8.81. The summed E-state index contributed by atoms with van der Waals surface area (Å²) in [6.07, 6.45) is 0. The Morgan fingerprint density at radius 1 is 1.19 bits per heavy atom. The van der Waals surface area contributed by atoms with E-state index in [1.807, 2.05) is 30.3 Å². The quantitative estimate of drug-likeness (QED) is 0.661. The molecule has 6 heteroatoms. The minimum absolute atomic E-state index is 0.0108. The Morgan fingerprint density at radius 2 is 1.92 bits per heavy atom. The summed E-state index contributed by atoms with van der Waals surface area (Å²) in [4.78, 5) is 13.2. The molecule has 3 aromatic rings. The molecule has 1 aromatic heterocycles. The number of rotatable bonds is 3. The van der Waals surface area contributed by atoms with Gasteiger partial charge in [0.15, 0.2) is 5.72 Å². The molecule has 0 radical (unpaired) electrons. The lowest BCUT2D eigenvalue weighted by atomic mass is 9.98. The molecule has 0 saturated heterocycles. The van der Waals surface area contributed by atoms with Crippen LogP contribution in [0.3, 0.4) is 0 Å². The maximum Gasteiger partial charge on any atom is 0.336 e. The molecule has 1 aliphatic rings. The number of hydrogen-bond donors (Lipinski definition) is 1. The van der Waals surface area contributed by atoms with Gasteiger partial charge < -0.3 is 19.2 Å². The van der Waals surface area contributed by atoms with Crippen molar-refractivity contribution in [3.05, 3.63) is 75.6 Å². The van der Waals surface area contributed by atoms with Gasteiger partial charge in [-0.05, 0) is 42.5 Å². The lowest BCUT2D eigenvalue weighted by molar-refractivity contribution is 0.0523. The van der Waals surface area contributed by atoms with E-state index in [9.17, 15) is 9.90 Å². The standard InChI is InChI=1S/C20H16BrNO4/c1-12-19-15-7-10-18(23)26-17(15)9-8-16(19)22(2)20(12,24)11-25-14-5-3-13(21)4-6-14/h3-10,24H,1,11H2,2H3. The first kappa shape index (κ1) is 16.9. The number of aliphatic hydroxyl groups is 1. The van der Waals surface area contributed by atoms with Gasteiger partial charge in [0.2, 0.25) is 0 Å². The van der Waals surface area contributed by atoms with E-state index in [4.69, 9.17) is 9.15 Å². The average Bonchev–Trinajstić information content (AvgIpc) is 2.83. The zero-order valence-corrected chi connectivity index (χ0v) is 15.6. The maximum absolute atomic E-state index is 11.5. The summed E-state index contributed by atoms with van der Waals surface area (Å²) in [5, 5.41) is 12.0. The smallest absolute Gasteiger partial charge is 0.336 e. The zero-order valence-electron chi connectivity index (χ0n) is 14.0. The third-order valence-corrected chi connectivity index (χ3v) is 5.26. The number of likely N-dealkylation sites (N-methyl/N-ethyl adjacent to an activating group) is 1. The summed E-state index contributed by atoms with van der Waals surface area (Å²) < 4.78 is 12.0. The fourth-order valence-corrected chi connectivity index (χ4v) is 3.50. The summed E-state index contributed by atoms with van der Waals surface area (Å²) in [5.74, 6) is 0.648. The van der Waals surface area contributed by atoms with E-state index < -0.39 is 11.4 Å². The van der Waals surface area contributed by atoms with Gasteiger partial charge in [0.1, 0.15) is 17.9 Å². The summed E-state index contributed by atoms with van der Waals surface area (Å²) in [5.41, 5.74) is 0.715. The molecule has 0 bridgehead atoms. The van der Waals surface area contributed by atoms with E-state index in [0.29, 0.717) is 16.9 Å². The SMILES string of the molecule is C=C1c2c(ccc3oc(=O)ccc23)N(C)C1(O)COc1ccc(Br)cc1. The Hall–Kier alpha value is -2.57. The number of ether oxygens (including phenoxy) is 1. The van der Waals surface area contributed by atoms with Gasteiger partial charge in [0.05, 0.1) is 0 Å². The van der Waals surface area contributed by atoms with Crippen LogP contribution in [0.4, 0.5) is 5.69 Å². The van der Waals surface area contributed by atoms with Crippen LogP contribution < -0.4 is 15.3 Å². The molecule has 26 heavy (non-hydrogen) atoms. The third kappa shape index (κ3) is 2.53. The number of halogens is 1.